The number of aromatic nitrogens is 2. The quantitative estimate of drug-likeness (QED) is 0.709. The monoisotopic (exact) mass is 421 g/mol. The number of nitrogens with zero attached hydrogens (tertiary/aromatic N) is 4. The van der Waals surface area contributed by atoms with E-state index in [1.54, 1.807) is 35.0 Å². The first-order chi connectivity index (χ1) is 14.4. The highest BCUT2D eigenvalue weighted by atomic mass is 19.1. The van der Waals surface area contributed by atoms with Crippen LogP contribution >= 0.6 is 0 Å². The second-order valence-electron chi connectivity index (χ2n) is 7.12. The standard InChI is InChI=1S/C19H26FN5O2.CH2O2/c1-23-7-8-27-14-16(11-23)9-21-19(26)24(2)12-15-10-22-25(13-15)18-5-3-17(20)4-6-18;2-1-3/h3-6,10,13,16H,7-9,11-12,14H2,1-2H3,(H,21,26);1H,(H,2,3). The van der Waals surface area contributed by atoms with Gasteiger partial charge in [0, 0.05) is 44.4 Å². The van der Waals surface area contributed by atoms with Gasteiger partial charge in [-0.2, -0.15) is 5.10 Å². The molecule has 1 atom stereocenters. The predicted octanol–water partition coefficient (Wildman–Crippen LogP) is 1.43. The molecule has 1 unspecified atom stereocenters. The number of halogens is 1. The number of benzene rings is 1. The van der Waals surface area contributed by atoms with Gasteiger partial charge in [-0.15, -0.1) is 0 Å². The lowest BCUT2D eigenvalue weighted by atomic mass is 10.1. The maximum Gasteiger partial charge on any atom is 0.317 e. The van der Waals surface area contributed by atoms with Gasteiger partial charge in [-0.25, -0.2) is 13.9 Å². The zero-order valence-corrected chi connectivity index (χ0v) is 17.2. The lowest BCUT2D eigenvalue weighted by Crippen LogP contribution is -2.41. The van der Waals surface area contributed by atoms with E-state index >= 15 is 0 Å². The summed E-state index contributed by atoms with van der Waals surface area (Å²) in [6.45, 7) is 4.00. The molecule has 1 saturated heterocycles. The number of rotatable bonds is 5. The number of likely N-dealkylation sites (N-methyl/N-ethyl adjacent to an activating group) is 1. The maximum atomic E-state index is 13.0. The van der Waals surface area contributed by atoms with E-state index in [1.165, 1.54) is 12.1 Å². The van der Waals surface area contributed by atoms with Crippen LogP contribution in [-0.4, -0.2) is 84.1 Å². The minimum atomic E-state index is -0.284. The molecule has 0 radical (unpaired) electrons. The molecule has 1 aliphatic heterocycles. The number of carbonyl (C=O) groups is 2. The maximum absolute atomic E-state index is 13.0. The molecule has 0 bridgehead atoms. The predicted molar refractivity (Wildman–Crippen MR) is 109 cm³/mol. The van der Waals surface area contributed by atoms with E-state index in [4.69, 9.17) is 14.6 Å². The SMILES string of the molecule is CN1CCOCC(CNC(=O)N(C)Cc2cnn(-c3ccc(F)cc3)c2)C1.O=CO. The van der Waals surface area contributed by atoms with E-state index in [9.17, 15) is 9.18 Å². The molecule has 9 nitrogen and oxygen atoms in total. The Morgan fingerprint density at radius 1 is 1.43 bits per heavy atom. The minimum absolute atomic E-state index is 0.128. The third kappa shape index (κ3) is 7.45. The highest BCUT2D eigenvalue weighted by molar-refractivity contribution is 5.73. The number of urea groups is 1. The first kappa shape index (κ1) is 23.3. The van der Waals surface area contributed by atoms with Crippen LogP contribution in [-0.2, 0) is 16.1 Å². The minimum Gasteiger partial charge on any atom is -0.483 e. The molecule has 1 fully saturated rings. The van der Waals surface area contributed by atoms with Gasteiger partial charge in [0.2, 0.25) is 0 Å². The Labute approximate surface area is 175 Å². The molecule has 0 saturated carbocycles. The molecule has 3 rings (SSSR count). The average molecular weight is 421 g/mol. The van der Waals surface area contributed by atoms with Gasteiger partial charge in [0.05, 0.1) is 31.6 Å². The summed E-state index contributed by atoms with van der Waals surface area (Å²) in [6.07, 6.45) is 3.55. The second kappa shape index (κ2) is 11.9. The molecule has 164 valence electrons. The van der Waals surface area contributed by atoms with Crippen LogP contribution in [0.5, 0.6) is 0 Å². The molecule has 2 aromatic rings. The third-order valence-electron chi connectivity index (χ3n) is 4.58. The number of hydrogen-bond acceptors (Lipinski definition) is 5. The first-order valence-electron chi connectivity index (χ1n) is 9.55. The van der Waals surface area contributed by atoms with E-state index in [2.05, 4.69) is 22.4 Å². The van der Waals surface area contributed by atoms with Crippen LogP contribution in [0.25, 0.3) is 5.69 Å². The van der Waals surface area contributed by atoms with Crippen molar-refractivity contribution >= 4 is 12.5 Å². The fourth-order valence-electron chi connectivity index (χ4n) is 3.07. The molecule has 10 heteroatoms. The van der Waals surface area contributed by atoms with Crippen molar-refractivity contribution in [2.75, 3.05) is 46.9 Å². The summed E-state index contributed by atoms with van der Waals surface area (Å²) in [4.78, 5) is 24.6. The van der Waals surface area contributed by atoms with Crippen molar-refractivity contribution in [2.24, 2.45) is 5.92 Å². The topological polar surface area (TPSA) is 99.9 Å². The van der Waals surface area contributed by atoms with E-state index in [-0.39, 0.29) is 24.2 Å². The number of ether oxygens (including phenoxy) is 1. The lowest BCUT2D eigenvalue weighted by molar-refractivity contribution is -0.122. The molecule has 1 aliphatic rings. The zero-order chi connectivity index (χ0) is 21.9. The number of hydrogen-bond donors (Lipinski definition) is 2. The average Bonchev–Trinajstić information content (AvgIpc) is 3.08. The van der Waals surface area contributed by atoms with Gasteiger partial charge in [-0.3, -0.25) is 4.79 Å². The fraction of sp³-hybridized carbons (Fsp3) is 0.450. The highest BCUT2D eigenvalue weighted by Crippen LogP contribution is 2.11. The Hall–Kier alpha value is -2.98. The molecule has 1 aromatic carbocycles. The van der Waals surface area contributed by atoms with Gasteiger partial charge >= 0.3 is 6.03 Å². The smallest absolute Gasteiger partial charge is 0.317 e. The third-order valence-corrected chi connectivity index (χ3v) is 4.58. The first-order valence-corrected chi connectivity index (χ1v) is 9.55. The van der Waals surface area contributed by atoms with Crippen LogP contribution in [0.4, 0.5) is 9.18 Å². The van der Waals surface area contributed by atoms with Gasteiger partial charge < -0.3 is 25.0 Å². The van der Waals surface area contributed by atoms with E-state index in [0.717, 1.165) is 30.9 Å². The molecule has 1 aromatic heterocycles. The summed E-state index contributed by atoms with van der Waals surface area (Å²) in [7, 11) is 3.81. The molecule has 2 N–H and O–H groups in total. The van der Waals surface area contributed by atoms with Crippen LogP contribution in [0, 0.1) is 11.7 Å². The summed E-state index contributed by atoms with van der Waals surface area (Å²) >= 11 is 0. The Balaban J connectivity index is 0.00000101. The summed E-state index contributed by atoms with van der Waals surface area (Å²) in [5.41, 5.74) is 1.67. The summed E-state index contributed by atoms with van der Waals surface area (Å²) in [5.74, 6) is 0.00359. The van der Waals surface area contributed by atoms with E-state index in [1.807, 2.05) is 6.20 Å². The molecule has 2 heterocycles. The van der Waals surface area contributed by atoms with Crippen molar-refractivity contribution in [3.8, 4) is 5.69 Å². The van der Waals surface area contributed by atoms with Gasteiger partial charge in [0.1, 0.15) is 5.82 Å². The lowest BCUT2D eigenvalue weighted by Gasteiger charge is -2.22. The second-order valence-corrected chi connectivity index (χ2v) is 7.12. The van der Waals surface area contributed by atoms with Gasteiger partial charge in [0.25, 0.3) is 6.47 Å². The number of amides is 2. The number of carbonyl (C=O) groups excluding carboxylic acids is 1. The Morgan fingerprint density at radius 2 is 2.13 bits per heavy atom. The van der Waals surface area contributed by atoms with Crippen molar-refractivity contribution < 1.29 is 23.8 Å². The van der Waals surface area contributed by atoms with Crippen molar-refractivity contribution in [1.29, 1.82) is 0 Å². The molecule has 0 spiro atoms. The summed E-state index contributed by atoms with van der Waals surface area (Å²) < 4.78 is 20.3. The highest BCUT2D eigenvalue weighted by Gasteiger charge is 2.18. The van der Waals surface area contributed by atoms with Crippen molar-refractivity contribution in [1.82, 2.24) is 24.9 Å². The molecule has 30 heavy (non-hydrogen) atoms. The molecule has 0 aliphatic carbocycles. The van der Waals surface area contributed by atoms with Gasteiger partial charge in [-0.05, 0) is 31.3 Å². The van der Waals surface area contributed by atoms with E-state index < -0.39 is 0 Å². The summed E-state index contributed by atoms with van der Waals surface area (Å²) in [5, 5.41) is 14.1. The van der Waals surface area contributed by atoms with Crippen LogP contribution in [0.15, 0.2) is 36.7 Å². The van der Waals surface area contributed by atoms with Crippen molar-refractivity contribution in [2.45, 2.75) is 6.54 Å². The van der Waals surface area contributed by atoms with Gasteiger partial charge in [-0.1, -0.05) is 0 Å². The number of carboxylic acid groups (broad SMARTS) is 1. The number of nitrogens with one attached hydrogen (secondary N) is 1. The molecule has 2 amide bonds. The van der Waals surface area contributed by atoms with Gasteiger partial charge in [0.15, 0.2) is 0 Å². The van der Waals surface area contributed by atoms with Crippen molar-refractivity contribution in [3.05, 3.63) is 48.0 Å². The largest absolute Gasteiger partial charge is 0.483 e. The van der Waals surface area contributed by atoms with Crippen molar-refractivity contribution in [3.63, 3.8) is 0 Å². The summed E-state index contributed by atoms with van der Waals surface area (Å²) in [6, 6.07) is 5.98. The Morgan fingerprint density at radius 3 is 2.83 bits per heavy atom. The van der Waals surface area contributed by atoms with E-state index in [0.29, 0.717) is 19.7 Å². The van der Waals surface area contributed by atoms with Crippen LogP contribution in [0.1, 0.15) is 5.56 Å². The van der Waals surface area contributed by atoms with Crippen LogP contribution in [0.3, 0.4) is 0 Å². The van der Waals surface area contributed by atoms with Crippen LogP contribution in [0.2, 0.25) is 0 Å². The fourth-order valence-corrected chi connectivity index (χ4v) is 3.07. The Kier molecular flexibility index (Phi) is 9.23. The normalized spacial score (nSPS) is 16.7. The molecular weight excluding hydrogens is 393 g/mol. The van der Waals surface area contributed by atoms with Crippen LogP contribution < -0.4 is 5.32 Å². The Bertz CT molecular complexity index is 799. The zero-order valence-electron chi connectivity index (χ0n) is 17.2. The molecular formula is C20H28FN5O4.